The van der Waals surface area contributed by atoms with Gasteiger partial charge in [-0.25, -0.2) is 8.78 Å². The summed E-state index contributed by atoms with van der Waals surface area (Å²) >= 11 is 0. The number of benzene rings is 3. The molecule has 3 aromatic rings. The number of amides is 1. The topological polar surface area (TPSA) is 26.8 Å². The quantitative estimate of drug-likeness (QED) is 0.483. The Morgan fingerprint density at radius 1 is 0.806 bits per heavy atom. The monoisotopic (exact) mass is 489 g/mol. The zero-order valence-electron chi connectivity index (χ0n) is 20.6. The molecule has 3 aromatic carbocycles. The van der Waals surface area contributed by atoms with Gasteiger partial charge in [0.05, 0.1) is 12.2 Å². The number of rotatable bonds is 6. The predicted octanol–water partition coefficient (Wildman–Crippen LogP) is 5.08. The minimum atomic E-state index is -0.349. The molecular weight excluding hydrogens is 456 g/mol. The summed E-state index contributed by atoms with van der Waals surface area (Å²) in [7, 11) is 0. The van der Waals surface area contributed by atoms with Crippen molar-refractivity contribution in [1.29, 1.82) is 0 Å². The summed E-state index contributed by atoms with van der Waals surface area (Å²) in [5.74, 6) is -0.603. The summed E-state index contributed by atoms with van der Waals surface area (Å²) in [5, 5.41) is 0. The third-order valence-electron chi connectivity index (χ3n) is 7.49. The highest BCUT2D eigenvalue weighted by molar-refractivity contribution is 5.96. The van der Waals surface area contributed by atoms with E-state index in [4.69, 9.17) is 0 Å². The Labute approximate surface area is 212 Å². The Morgan fingerprint density at radius 3 is 2.25 bits per heavy atom. The van der Waals surface area contributed by atoms with Gasteiger partial charge in [0.25, 0.3) is 0 Å². The van der Waals surface area contributed by atoms with Crippen molar-refractivity contribution in [3.05, 3.63) is 101 Å². The largest absolute Gasteiger partial charge is 0.311 e. The van der Waals surface area contributed by atoms with Gasteiger partial charge in [0.1, 0.15) is 11.6 Å². The van der Waals surface area contributed by atoms with Gasteiger partial charge in [0, 0.05) is 45.2 Å². The van der Waals surface area contributed by atoms with Gasteiger partial charge >= 0.3 is 0 Å². The molecule has 0 aliphatic carbocycles. The van der Waals surface area contributed by atoms with Gasteiger partial charge < -0.3 is 9.80 Å². The van der Waals surface area contributed by atoms with E-state index in [9.17, 15) is 13.6 Å². The van der Waals surface area contributed by atoms with Crippen molar-refractivity contribution in [2.24, 2.45) is 0 Å². The first-order valence-electron chi connectivity index (χ1n) is 12.9. The highest BCUT2D eigenvalue weighted by Gasteiger charge is 2.29. The lowest BCUT2D eigenvalue weighted by Gasteiger charge is -2.35. The Bertz CT molecular complexity index is 1160. The standard InChI is InChI=1S/C30H33F2N3O/c31-25-10-8-24(9-11-25)27-7-4-15-35(29-21-26(32)12-13-28(27)29)30(36)22-34-19-17-33(18-20-34)16-14-23-5-2-1-3-6-23/h1-3,5-6,8-13,21,27H,4,7,14-20,22H2. The van der Waals surface area contributed by atoms with Crippen LogP contribution >= 0.6 is 0 Å². The third-order valence-corrected chi connectivity index (χ3v) is 7.49. The summed E-state index contributed by atoms with van der Waals surface area (Å²) < 4.78 is 27.8. The van der Waals surface area contributed by atoms with Crippen LogP contribution in [0.1, 0.15) is 35.4 Å². The van der Waals surface area contributed by atoms with E-state index in [0.29, 0.717) is 18.8 Å². The second kappa shape index (κ2) is 11.3. The highest BCUT2D eigenvalue weighted by atomic mass is 19.1. The fraction of sp³-hybridized carbons (Fsp3) is 0.367. The molecule has 2 heterocycles. The van der Waals surface area contributed by atoms with E-state index in [0.717, 1.165) is 63.1 Å². The van der Waals surface area contributed by atoms with Crippen molar-refractivity contribution in [3.8, 4) is 0 Å². The molecule has 188 valence electrons. The van der Waals surface area contributed by atoms with E-state index >= 15 is 0 Å². The maximum atomic E-state index is 14.3. The van der Waals surface area contributed by atoms with Gasteiger partial charge in [0.15, 0.2) is 0 Å². The SMILES string of the molecule is O=C(CN1CCN(CCc2ccccc2)CC1)N1CCCC(c2ccc(F)cc2)c2ccc(F)cc21. The number of piperazine rings is 1. The minimum Gasteiger partial charge on any atom is -0.311 e. The van der Waals surface area contributed by atoms with Gasteiger partial charge in [0.2, 0.25) is 5.91 Å². The molecule has 2 aliphatic heterocycles. The van der Waals surface area contributed by atoms with Crippen LogP contribution in [0.4, 0.5) is 14.5 Å². The van der Waals surface area contributed by atoms with Crippen LogP contribution < -0.4 is 4.90 Å². The van der Waals surface area contributed by atoms with Gasteiger partial charge in [-0.3, -0.25) is 9.69 Å². The van der Waals surface area contributed by atoms with Crippen molar-refractivity contribution in [2.45, 2.75) is 25.2 Å². The van der Waals surface area contributed by atoms with Crippen molar-refractivity contribution >= 4 is 11.6 Å². The molecule has 0 bridgehead atoms. The maximum Gasteiger partial charge on any atom is 0.241 e. The first-order valence-corrected chi connectivity index (χ1v) is 12.9. The van der Waals surface area contributed by atoms with Gasteiger partial charge in [-0.15, -0.1) is 0 Å². The number of anilines is 1. The van der Waals surface area contributed by atoms with Crippen LogP contribution in [0.15, 0.2) is 72.8 Å². The van der Waals surface area contributed by atoms with Crippen LogP contribution in [0.5, 0.6) is 0 Å². The summed E-state index contributed by atoms with van der Waals surface area (Å²) in [6.45, 7) is 5.50. The van der Waals surface area contributed by atoms with Crippen LogP contribution in [-0.4, -0.2) is 61.5 Å². The Kier molecular flexibility index (Phi) is 7.73. The molecule has 4 nitrogen and oxygen atoms in total. The molecule has 36 heavy (non-hydrogen) atoms. The maximum absolute atomic E-state index is 14.3. The second-order valence-corrected chi connectivity index (χ2v) is 9.85. The van der Waals surface area contributed by atoms with E-state index in [-0.39, 0.29) is 23.5 Å². The lowest BCUT2D eigenvalue weighted by atomic mass is 9.87. The van der Waals surface area contributed by atoms with E-state index < -0.39 is 0 Å². The number of hydrogen-bond acceptors (Lipinski definition) is 3. The van der Waals surface area contributed by atoms with Gasteiger partial charge in [-0.1, -0.05) is 48.5 Å². The molecule has 5 rings (SSSR count). The van der Waals surface area contributed by atoms with Crippen LogP contribution in [0, 0.1) is 11.6 Å². The van der Waals surface area contributed by atoms with Crippen molar-refractivity contribution < 1.29 is 13.6 Å². The molecule has 2 aliphatic rings. The fourth-order valence-electron chi connectivity index (χ4n) is 5.45. The molecule has 1 amide bonds. The molecule has 1 saturated heterocycles. The molecule has 0 N–H and O–H groups in total. The molecule has 6 heteroatoms. The molecule has 1 unspecified atom stereocenters. The summed E-state index contributed by atoms with van der Waals surface area (Å²) in [6, 6.07) is 21.8. The molecule has 0 saturated carbocycles. The molecule has 1 fully saturated rings. The average molecular weight is 490 g/mol. The average Bonchev–Trinajstić information content (AvgIpc) is 3.09. The summed E-state index contributed by atoms with van der Waals surface area (Å²) in [5.41, 5.74) is 3.92. The van der Waals surface area contributed by atoms with E-state index in [1.54, 1.807) is 23.1 Å². The number of nitrogens with zero attached hydrogens (tertiary/aromatic N) is 3. The highest BCUT2D eigenvalue weighted by Crippen LogP contribution is 2.39. The van der Waals surface area contributed by atoms with Crippen LogP contribution in [0.25, 0.3) is 0 Å². The van der Waals surface area contributed by atoms with Crippen LogP contribution in [0.2, 0.25) is 0 Å². The third kappa shape index (κ3) is 5.82. The smallest absolute Gasteiger partial charge is 0.241 e. The first kappa shape index (κ1) is 24.6. The fourth-order valence-corrected chi connectivity index (χ4v) is 5.45. The predicted molar refractivity (Wildman–Crippen MR) is 139 cm³/mol. The number of hydrogen-bond donors (Lipinski definition) is 0. The van der Waals surface area contributed by atoms with Gasteiger partial charge in [-0.05, 0) is 60.2 Å². The first-order chi connectivity index (χ1) is 17.6. The van der Waals surface area contributed by atoms with Crippen molar-refractivity contribution in [2.75, 3.05) is 50.7 Å². The number of carbonyl (C=O) groups excluding carboxylic acids is 1. The lowest BCUT2D eigenvalue weighted by molar-refractivity contribution is -0.120. The number of fused-ring (bicyclic) bond motifs is 1. The number of halogens is 2. The van der Waals surface area contributed by atoms with Crippen molar-refractivity contribution in [3.63, 3.8) is 0 Å². The Morgan fingerprint density at radius 2 is 1.50 bits per heavy atom. The number of carbonyl (C=O) groups is 1. The van der Waals surface area contributed by atoms with Gasteiger partial charge in [-0.2, -0.15) is 0 Å². The van der Waals surface area contributed by atoms with Crippen LogP contribution in [0.3, 0.4) is 0 Å². The Hall–Kier alpha value is -3.09. The second-order valence-electron chi connectivity index (χ2n) is 9.85. The minimum absolute atomic E-state index is 0.00663. The molecule has 0 aromatic heterocycles. The lowest BCUT2D eigenvalue weighted by Crippen LogP contribution is -2.50. The van der Waals surface area contributed by atoms with E-state index in [1.807, 2.05) is 6.07 Å². The Balaban J connectivity index is 1.23. The summed E-state index contributed by atoms with van der Waals surface area (Å²) in [6.07, 6.45) is 2.66. The van der Waals surface area contributed by atoms with E-state index in [1.165, 1.54) is 29.8 Å². The summed E-state index contributed by atoms with van der Waals surface area (Å²) in [4.78, 5) is 19.9. The van der Waals surface area contributed by atoms with Crippen molar-refractivity contribution in [1.82, 2.24) is 9.80 Å². The molecule has 0 spiro atoms. The zero-order chi connectivity index (χ0) is 24.9. The molecular formula is C30H33F2N3O. The molecule has 0 radical (unpaired) electrons. The van der Waals surface area contributed by atoms with Crippen LogP contribution in [-0.2, 0) is 11.2 Å². The zero-order valence-corrected chi connectivity index (χ0v) is 20.6. The van der Waals surface area contributed by atoms with E-state index in [2.05, 4.69) is 34.1 Å². The normalized spacial score (nSPS) is 19.1. The molecule has 1 atom stereocenters.